The van der Waals surface area contributed by atoms with Crippen LogP contribution in [0.15, 0.2) is 110 Å². The summed E-state index contributed by atoms with van der Waals surface area (Å²) >= 11 is 0. The van der Waals surface area contributed by atoms with Crippen molar-refractivity contribution in [1.82, 2.24) is 9.97 Å². The second-order valence-corrected chi connectivity index (χ2v) is 7.47. The Kier molecular flexibility index (Phi) is 5.63. The van der Waals surface area contributed by atoms with E-state index >= 15 is 0 Å². The van der Waals surface area contributed by atoms with Crippen LogP contribution < -0.4 is 16.0 Å². The van der Waals surface area contributed by atoms with E-state index in [1.54, 1.807) is 30.7 Å². The minimum Gasteiger partial charge on any atom is -0.355 e. The highest BCUT2D eigenvalue weighted by molar-refractivity contribution is 6.04. The molecule has 0 atom stereocenters. The molecule has 1 amide bonds. The molecule has 0 unspecified atom stereocenters. The number of carbonyl (C=O) groups excluding carboxylic acids is 1. The Bertz CT molecular complexity index is 1380. The normalized spacial score (nSPS) is 10.5. The van der Waals surface area contributed by atoms with E-state index in [9.17, 15) is 4.79 Å². The van der Waals surface area contributed by atoms with Crippen LogP contribution in [0.3, 0.4) is 0 Å². The van der Waals surface area contributed by atoms with Gasteiger partial charge in [-0.15, -0.1) is 0 Å². The summed E-state index contributed by atoms with van der Waals surface area (Å²) in [5.74, 6) is -0.161. The zero-order valence-electron chi connectivity index (χ0n) is 17.7. The molecular formula is C27H21N5O. The van der Waals surface area contributed by atoms with Gasteiger partial charge in [0.1, 0.15) is 0 Å². The number of hydrogen-bond acceptors (Lipinski definition) is 5. The number of pyridine rings is 2. The maximum Gasteiger partial charge on any atom is 0.255 e. The number of fused-ring (bicyclic) bond motifs is 1. The second kappa shape index (κ2) is 9.20. The SMILES string of the molecule is O=C(Nc1ccc(Nc2ccnc3ccccc23)cc1)c1ccc(Nc2ccncc2)cc1. The molecule has 6 nitrogen and oxygen atoms in total. The minimum absolute atomic E-state index is 0.161. The first-order valence-electron chi connectivity index (χ1n) is 10.5. The molecule has 5 rings (SSSR count). The van der Waals surface area contributed by atoms with Gasteiger partial charge in [0.2, 0.25) is 0 Å². The number of amides is 1. The fourth-order valence-electron chi connectivity index (χ4n) is 3.51. The molecule has 33 heavy (non-hydrogen) atoms. The fourth-order valence-corrected chi connectivity index (χ4v) is 3.51. The van der Waals surface area contributed by atoms with Crippen molar-refractivity contribution < 1.29 is 4.79 Å². The number of carbonyl (C=O) groups is 1. The van der Waals surface area contributed by atoms with Crippen molar-refractivity contribution in [2.24, 2.45) is 0 Å². The Morgan fingerprint density at radius 1 is 0.606 bits per heavy atom. The quantitative estimate of drug-likeness (QED) is 0.291. The van der Waals surface area contributed by atoms with Crippen LogP contribution in [0, 0.1) is 0 Å². The Hall–Kier alpha value is -4.71. The molecular weight excluding hydrogens is 410 g/mol. The molecule has 0 fully saturated rings. The fraction of sp³-hybridized carbons (Fsp3) is 0. The molecule has 0 spiro atoms. The number of benzene rings is 3. The van der Waals surface area contributed by atoms with Crippen LogP contribution in [-0.2, 0) is 0 Å². The molecule has 0 saturated heterocycles. The van der Waals surface area contributed by atoms with Crippen LogP contribution >= 0.6 is 0 Å². The molecule has 6 heteroatoms. The largest absolute Gasteiger partial charge is 0.355 e. The van der Waals surface area contributed by atoms with Crippen molar-refractivity contribution in [3.63, 3.8) is 0 Å². The van der Waals surface area contributed by atoms with Crippen molar-refractivity contribution >= 4 is 45.2 Å². The summed E-state index contributed by atoms with van der Waals surface area (Å²) in [7, 11) is 0. The third-order valence-corrected chi connectivity index (χ3v) is 5.19. The van der Waals surface area contributed by atoms with E-state index in [4.69, 9.17) is 0 Å². The van der Waals surface area contributed by atoms with Gasteiger partial charge in [-0.2, -0.15) is 0 Å². The van der Waals surface area contributed by atoms with Crippen molar-refractivity contribution in [1.29, 1.82) is 0 Å². The van der Waals surface area contributed by atoms with Crippen molar-refractivity contribution in [2.75, 3.05) is 16.0 Å². The van der Waals surface area contributed by atoms with Gasteiger partial charge in [-0.25, -0.2) is 0 Å². The molecule has 0 saturated carbocycles. The van der Waals surface area contributed by atoms with Crippen LogP contribution in [0.25, 0.3) is 10.9 Å². The number of nitrogens with one attached hydrogen (secondary N) is 3. The Morgan fingerprint density at radius 3 is 2.03 bits per heavy atom. The van der Waals surface area contributed by atoms with Gasteiger partial charge in [0, 0.05) is 58.0 Å². The van der Waals surface area contributed by atoms with Crippen LogP contribution in [-0.4, -0.2) is 15.9 Å². The summed E-state index contributed by atoms with van der Waals surface area (Å²) in [6.07, 6.45) is 5.24. The first-order valence-corrected chi connectivity index (χ1v) is 10.5. The van der Waals surface area contributed by atoms with Crippen molar-refractivity contribution in [3.05, 3.63) is 115 Å². The molecule has 160 valence electrons. The van der Waals surface area contributed by atoms with E-state index in [-0.39, 0.29) is 5.91 Å². The molecule has 0 aliphatic rings. The Labute approximate surface area is 191 Å². The monoisotopic (exact) mass is 431 g/mol. The topological polar surface area (TPSA) is 78.9 Å². The van der Waals surface area contributed by atoms with Gasteiger partial charge in [0.25, 0.3) is 5.91 Å². The van der Waals surface area contributed by atoms with Gasteiger partial charge in [-0.05, 0) is 72.8 Å². The maximum absolute atomic E-state index is 12.6. The Morgan fingerprint density at radius 2 is 1.24 bits per heavy atom. The van der Waals surface area contributed by atoms with E-state index in [1.165, 1.54) is 0 Å². The smallest absolute Gasteiger partial charge is 0.255 e. The summed E-state index contributed by atoms with van der Waals surface area (Å²) in [5.41, 5.74) is 6.00. The zero-order valence-corrected chi connectivity index (χ0v) is 17.7. The van der Waals surface area contributed by atoms with E-state index in [2.05, 4.69) is 25.9 Å². The van der Waals surface area contributed by atoms with Gasteiger partial charge in [-0.1, -0.05) is 18.2 Å². The average Bonchev–Trinajstić information content (AvgIpc) is 2.86. The highest BCUT2D eigenvalue weighted by atomic mass is 16.1. The van der Waals surface area contributed by atoms with Crippen LogP contribution in [0.1, 0.15) is 10.4 Å². The summed E-state index contributed by atoms with van der Waals surface area (Å²) in [6.45, 7) is 0. The highest BCUT2D eigenvalue weighted by Gasteiger charge is 2.07. The number of hydrogen-bond donors (Lipinski definition) is 3. The third-order valence-electron chi connectivity index (χ3n) is 5.19. The highest BCUT2D eigenvalue weighted by Crippen LogP contribution is 2.26. The van der Waals surface area contributed by atoms with Gasteiger partial charge in [0.15, 0.2) is 0 Å². The van der Waals surface area contributed by atoms with Gasteiger partial charge >= 0.3 is 0 Å². The molecule has 3 N–H and O–H groups in total. The van der Waals surface area contributed by atoms with Gasteiger partial charge in [-0.3, -0.25) is 14.8 Å². The molecule has 5 aromatic rings. The summed E-state index contributed by atoms with van der Waals surface area (Å²) in [5, 5.41) is 10.7. The van der Waals surface area contributed by atoms with E-state index < -0.39 is 0 Å². The summed E-state index contributed by atoms with van der Waals surface area (Å²) < 4.78 is 0. The van der Waals surface area contributed by atoms with Gasteiger partial charge in [0.05, 0.1) is 5.52 Å². The maximum atomic E-state index is 12.6. The lowest BCUT2D eigenvalue weighted by Gasteiger charge is -2.11. The summed E-state index contributed by atoms with van der Waals surface area (Å²) in [4.78, 5) is 21.0. The molecule has 3 aromatic carbocycles. The van der Waals surface area contributed by atoms with Crippen LogP contribution in [0.5, 0.6) is 0 Å². The van der Waals surface area contributed by atoms with Crippen LogP contribution in [0.4, 0.5) is 28.4 Å². The van der Waals surface area contributed by atoms with Crippen LogP contribution in [0.2, 0.25) is 0 Å². The lowest BCUT2D eigenvalue weighted by atomic mass is 10.1. The predicted octanol–water partition coefficient (Wildman–Crippen LogP) is 6.37. The first kappa shape index (κ1) is 20.2. The average molecular weight is 431 g/mol. The van der Waals surface area contributed by atoms with Gasteiger partial charge < -0.3 is 16.0 Å². The number of para-hydroxylation sites is 1. The molecule has 2 heterocycles. The minimum atomic E-state index is -0.161. The molecule has 0 aliphatic heterocycles. The first-order chi connectivity index (χ1) is 16.2. The molecule has 0 aliphatic carbocycles. The molecule has 0 bridgehead atoms. The number of anilines is 5. The van der Waals surface area contributed by atoms with E-state index in [1.807, 2.05) is 78.9 Å². The van der Waals surface area contributed by atoms with E-state index in [0.29, 0.717) is 5.56 Å². The molecule has 2 aromatic heterocycles. The predicted molar refractivity (Wildman–Crippen MR) is 133 cm³/mol. The standard InChI is InChI=1S/C27H21N5O/c33-27(19-5-7-20(8-6-19)30-23-13-16-28-17-14-23)32-22-11-9-21(10-12-22)31-26-15-18-29-25-4-2-1-3-24(25)26/h1-18H,(H,28,30)(H,29,31)(H,32,33). The van der Waals surface area contributed by atoms with Crippen molar-refractivity contribution in [2.45, 2.75) is 0 Å². The lowest BCUT2D eigenvalue weighted by molar-refractivity contribution is 0.102. The number of nitrogens with zero attached hydrogens (tertiary/aromatic N) is 2. The molecule has 0 radical (unpaired) electrons. The second-order valence-electron chi connectivity index (χ2n) is 7.47. The number of aromatic nitrogens is 2. The Balaban J connectivity index is 1.23. The lowest BCUT2D eigenvalue weighted by Crippen LogP contribution is -2.11. The van der Waals surface area contributed by atoms with E-state index in [0.717, 1.165) is 39.3 Å². The summed E-state index contributed by atoms with van der Waals surface area (Å²) in [6, 6.07) is 28.7. The number of rotatable bonds is 6. The third kappa shape index (κ3) is 4.80. The van der Waals surface area contributed by atoms with Crippen molar-refractivity contribution in [3.8, 4) is 0 Å². The zero-order chi connectivity index (χ0) is 22.5.